The van der Waals surface area contributed by atoms with E-state index in [1.54, 1.807) is 0 Å². The highest BCUT2D eigenvalue weighted by Gasteiger charge is 2.08. The van der Waals surface area contributed by atoms with E-state index in [4.69, 9.17) is 0 Å². The van der Waals surface area contributed by atoms with Gasteiger partial charge in [0, 0.05) is 38.3 Å². The zero-order valence-corrected chi connectivity index (χ0v) is 30.2. The normalized spacial score (nSPS) is 12.5. The van der Waals surface area contributed by atoms with Gasteiger partial charge in [0.15, 0.2) is 0 Å². The van der Waals surface area contributed by atoms with Crippen molar-refractivity contribution in [2.75, 3.05) is 0 Å². The minimum atomic E-state index is 1.19. The van der Waals surface area contributed by atoms with E-state index in [2.05, 4.69) is 182 Å². The predicted molar refractivity (Wildman–Crippen MR) is 229 cm³/mol. The van der Waals surface area contributed by atoms with E-state index in [9.17, 15) is 0 Å². The van der Waals surface area contributed by atoms with Crippen LogP contribution < -0.4 is 0 Å². The monoisotopic (exact) mass is 710 g/mol. The molecule has 0 radical (unpaired) electrons. The van der Waals surface area contributed by atoms with Crippen LogP contribution in [0.2, 0.25) is 0 Å². The summed E-state index contributed by atoms with van der Waals surface area (Å²) in [7, 11) is 0. The topological polar surface area (TPSA) is 0 Å². The maximum Gasteiger partial charge on any atom is 0.0349 e. The van der Waals surface area contributed by atoms with E-state index in [1.165, 1.54) is 82.1 Å². The predicted octanol–water partition coefficient (Wildman–Crippen LogP) is 15.2. The van der Waals surface area contributed by atoms with E-state index in [1.807, 2.05) is 45.3 Å². The Labute approximate surface area is 307 Å². The van der Waals surface area contributed by atoms with Crippen molar-refractivity contribution in [1.29, 1.82) is 0 Å². The van der Waals surface area contributed by atoms with Crippen LogP contribution in [0, 0.1) is 0 Å². The molecule has 0 unspecified atom stereocenters. The molecular formula is C46H30S4. The maximum absolute atomic E-state index is 2.35. The Morgan fingerprint density at radius 2 is 0.500 bits per heavy atom. The summed E-state index contributed by atoms with van der Waals surface area (Å²) in [6.45, 7) is 0. The molecule has 0 fully saturated rings. The van der Waals surface area contributed by atoms with Gasteiger partial charge in [-0.3, -0.25) is 0 Å². The number of benzene rings is 5. The molecule has 0 spiro atoms. The van der Waals surface area contributed by atoms with Crippen LogP contribution in [0.1, 0.15) is 41.8 Å². The van der Waals surface area contributed by atoms with E-state index < -0.39 is 0 Å². The molecule has 0 aliphatic carbocycles. The van der Waals surface area contributed by atoms with Crippen LogP contribution in [0.5, 0.6) is 0 Å². The summed E-state index contributed by atoms with van der Waals surface area (Å²) < 4.78 is 5.24. The van der Waals surface area contributed by atoms with Gasteiger partial charge in [0.1, 0.15) is 0 Å². The van der Waals surface area contributed by atoms with E-state index >= 15 is 0 Å². The molecule has 5 aromatic carbocycles. The fourth-order valence-electron chi connectivity index (χ4n) is 6.27. The molecule has 0 saturated carbocycles. The molecule has 0 amide bonds. The second-order valence-electron chi connectivity index (χ2n) is 12.2. The lowest BCUT2D eigenvalue weighted by atomic mass is 9.96. The van der Waals surface area contributed by atoms with Crippen molar-refractivity contribution in [3.05, 3.63) is 175 Å². The van der Waals surface area contributed by atoms with E-state index in [0.717, 1.165) is 0 Å². The summed E-state index contributed by atoms with van der Waals surface area (Å²) in [5.74, 6) is 0. The third-order valence-corrected chi connectivity index (χ3v) is 13.1. The molecular weight excluding hydrogens is 681 g/mol. The van der Waals surface area contributed by atoms with Crippen molar-refractivity contribution in [2.24, 2.45) is 0 Å². The summed E-state index contributed by atoms with van der Waals surface area (Å²) in [5.41, 5.74) is 4.76. The molecule has 4 heterocycles. The van der Waals surface area contributed by atoms with E-state index in [-0.39, 0.29) is 0 Å². The number of thiophene rings is 4. The summed E-state index contributed by atoms with van der Waals surface area (Å²) in [6, 6.07) is 48.3. The summed E-state index contributed by atoms with van der Waals surface area (Å²) in [5, 5.41) is 5.15. The number of hydrogen-bond donors (Lipinski definition) is 0. The Hall–Kier alpha value is -5.10. The van der Waals surface area contributed by atoms with Gasteiger partial charge in [-0.15, -0.1) is 45.3 Å². The molecule has 50 heavy (non-hydrogen) atoms. The lowest BCUT2D eigenvalue weighted by Gasteiger charge is -2.09. The van der Waals surface area contributed by atoms with Gasteiger partial charge in [0.25, 0.3) is 0 Å². The molecule has 0 aliphatic rings. The Bertz CT molecular complexity index is 2260. The van der Waals surface area contributed by atoms with Crippen LogP contribution in [-0.2, 0) is 0 Å². The highest BCUT2D eigenvalue weighted by molar-refractivity contribution is 7.21. The summed E-state index contributed by atoms with van der Waals surface area (Å²) in [4.78, 5) is 5.01. The minimum absolute atomic E-state index is 1.19. The van der Waals surface area contributed by atoms with Crippen LogP contribution in [0.25, 0.3) is 89.0 Å². The molecule has 0 aliphatic heterocycles. The first-order valence-electron chi connectivity index (χ1n) is 16.5. The Morgan fingerprint density at radius 3 is 0.740 bits per heavy atom. The molecule has 0 N–H and O–H groups in total. The second-order valence-corrected chi connectivity index (χ2v) is 16.7. The summed E-state index contributed by atoms with van der Waals surface area (Å²) >= 11 is 7.33. The standard InChI is InChI=1S/C46H30S4/c1-5-13-43-35(9-1)27-39(47-43)21-17-31-25-33(19-23-41-29-37-11-3-7-15-45(37)49-41)34(20-24-42-30-38-12-4-8-16-46(38)50-42)26-32(31)18-22-40-28-36-10-2-6-14-44(36)48-40/h1-30H/b21-17+,22-18+,23-19+,24-20+. The number of rotatable bonds is 8. The van der Waals surface area contributed by atoms with Crippen molar-refractivity contribution in [3.63, 3.8) is 0 Å². The molecule has 4 aromatic heterocycles. The fraction of sp³-hybridized carbons (Fsp3) is 0. The third-order valence-electron chi connectivity index (χ3n) is 8.78. The Kier molecular flexibility index (Phi) is 8.45. The zero-order chi connectivity index (χ0) is 33.3. The SMILES string of the molecule is C(=C\c1cc(/C=C/c2cc3ccccc3s2)c(/C=C/c2cc3ccccc3s2)cc1/C=C/c1cc2ccccc2s1)/c1cc2ccccc2s1. The average Bonchev–Trinajstić information content (AvgIpc) is 3.95. The molecule has 238 valence electrons. The highest BCUT2D eigenvalue weighted by atomic mass is 32.1. The van der Waals surface area contributed by atoms with Crippen LogP contribution in [0.15, 0.2) is 133 Å². The van der Waals surface area contributed by atoms with Gasteiger partial charge >= 0.3 is 0 Å². The third kappa shape index (κ3) is 6.59. The molecule has 0 bridgehead atoms. The van der Waals surface area contributed by atoms with Crippen LogP contribution in [0.3, 0.4) is 0 Å². The largest absolute Gasteiger partial charge is 0.136 e. The Balaban J connectivity index is 1.16. The van der Waals surface area contributed by atoms with Gasteiger partial charge in [-0.1, -0.05) is 97.1 Å². The quantitative estimate of drug-likeness (QED) is 0.147. The fourth-order valence-corrected chi connectivity index (χ4v) is 10.1. The molecule has 0 saturated heterocycles. The van der Waals surface area contributed by atoms with Gasteiger partial charge in [0.2, 0.25) is 0 Å². The summed E-state index contributed by atoms with van der Waals surface area (Å²) in [6.07, 6.45) is 18.2. The van der Waals surface area contributed by atoms with Gasteiger partial charge < -0.3 is 0 Å². The Morgan fingerprint density at radius 1 is 0.260 bits per heavy atom. The first kappa shape index (κ1) is 30.9. The van der Waals surface area contributed by atoms with Gasteiger partial charge in [-0.25, -0.2) is 0 Å². The number of hydrogen-bond acceptors (Lipinski definition) is 4. The maximum atomic E-state index is 2.35. The van der Waals surface area contributed by atoms with Crippen molar-refractivity contribution in [2.45, 2.75) is 0 Å². The van der Waals surface area contributed by atoms with Gasteiger partial charge in [-0.05, 0) is 129 Å². The lowest BCUT2D eigenvalue weighted by Crippen LogP contribution is -1.89. The molecule has 9 rings (SSSR count). The van der Waals surface area contributed by atoms with Crippen molar-refractivity contribution in [3.8, 4) is 0 Å². The zero-order valence-electron chi connectivity index (χ0n) is 27.0. The smallest absolute Gasteiger partial charge is 0.0349 e. The van der Waals surface area contributed by atoms with Crippen LogP contribution in [0.4, 0.5) is 0 Å². The molecule has 9 aromatic rings. The lowest BCUT2D eigenvalue weighted by molar-refractivity contribution is 1.55. The van der Waals surface area contributed by atoms with E-state index in [0.29, 0.717) is 0 Å². The van der Waals surface area contributed by atoms with Gasteiger partial charge in [0.05, 0.1) is 0 Å². The van der Waals surface area contributed by atoms with Crippen LogP contribution in [-0.4, -0.2) is 0 Å². The average molecular weight is 711 g/mol. The molecule has 0 nitrogen and oxygen atoms in total. The molecule has 0 atom stereocenters. The van der Waals surface area contributed by atoms with Crippen LogP contribution >= 0.6 is 45.3 Å². The second kappa shape index (κ2) is 13.7. The van der Waals surface area contributed by atoms with Crippen molar-refractivity contribution >= 4 is 134 Å². The number of fused-ring (bicyclic) bond motifs is 4. The van der Waals surface area contributed by atoms with Crippen molar-refractivity contribution < 1.29 is 0 Å². The van der Waals surface area contributed by atoms with Crippen molar-refractivity contribution in [1.82, 2.24) is 0 Å². The molecule has 4 heteroatoms. The first-order chi connectivity index (χ1) is 24.7. The first-order valence-corrected chi connectivity index (χ1v) is 19.8. The van der Waals surface area contributed by atoms with Gasteiger partial charge in [-0.2, -0.15) is 0 Å². The minimum Gasteiger partial charge on any atom is -0.136 e. The highest BCUT2D eigenvalue weighted by Crippen LogP contribution is 2.33.